The molecule has 1 saturated heterocycles. The zero-order valence-corrected chi connectivity index (χ0v) is 10.7. The topological polar surface area (TPSA) is 67.3 Å². The first kappa shape index (κ1) is 12.4. The van der Waals surface area contributed by atoms with E-state index in [1.54, 1.807) is 0 Å². The molecule has 0 radical (unpaired) electrons. The fraction of sp³-hybridized carbons (Fsp3) is 0.750. The van der Waals surface area contributed by atoms with Crippen molar-refractivity contribution in [1.29, 1.82) is 0 Å². The summed E-state index contributed by atoms with van der Waals surface area (Å²) in [6.07, 6.45) is 3.41. The summed E-state index contributed by atoms with van der Waals surface area (Å²) >= 11 is 0. The van der Waals surface area contributed by atoms with Crippen molar-refractivity contribution in [3.63, 3.8) is 0 Å². The highest BCUT2D eigenvalue weighted by atomic mass is 16.3. The number of aryl methyl sites for hydroxylation is 2. The van der Waals surface area contributed by atoms with Crippen LogP contribution in [0.1, 0.15) is 30.5 Å². The van der Waals surface area contributed by atoms with E-state index in [9.17, 15) is 5.11 Å². The Hall–Kier alpha value is -1.07. The molecular weight excluding hydrogens is 216 g/mol. The molecule has 0 spiro atoms. The van der Waals surface area contributed by atoms with Crippen molar-refractivity contribution in [2.24, 2.45) is 12.8 Å². The first-order valence-corrected chi connectivity index (χ1v) is 6.29. The molecule has 1 atom stereocenters. The van der Waals surface area contributed by atoms with Crippen molar-refractivity contribution in [1.82, 2.24) is 9.78 Å². The third-order valence-corrected chi connectivity index (χ3v) is 3.63. The van der Waals surface area contributed by atoms with Crippen LogP contribution in [0.4, 0.5) is 5.82 Å². The van der Waals surface area contributed by atoms with Crippen LogP contribution < -0.4 is 10.6 Å². The van der Waals surface area contributed by atoms with E-state index in [1.807, 2.05) is 18.7 Å². The van der Waals surface area contributed by atoms with E-state index in [0.29, 0.717) is 6.54 Å². The Balaban J connectivity index is 2.37. The van der Waals surface area contributed by atoms with Crippen LogP contribution in [-0.2, 0) is 13.6 Å². The maximum absolute atomic E-state index is 9.48. The Morgan fingerprint density at radius 3 is 2.88 bits per heavy atom. The molecule has 0 aliphatic carbocycles. The Bertz CT molecular complexity index is 388. The molecule has 1 aliphatic rings. The van der Waals surface area contributed by atoms with Crippen LogP contribution in [0.2, 0.25) is 0 Å². The molecule has 0 amide bonds. The van der Waals surface area contributed by atoms with Crippen LogP contribution in [0.3, 0.4) is 0 Å². The van der Waals surface area contributed by atoms with Gasteiger partial charge >= 0.3 is 0 Å². The number of anilines is 1. The van der Waals surface area contributed by atoms with Gasteiger partial charge in [0.2, 0.25) is 0 Å². The number of hydrogen-bond acceptors (Lipinski definition) is 4. The van der Waals surface area contributed by atoms with Gasteiger partial charge < -0.3 is 15.7 Å². The fourth-order valence-electron chi connectivity index (χ4n) is 2.76. The second kappa shape index (κ2) is 5.06. The highest BCUT2D eigenvalue weighted by Gasteiger charge is 2.27. The first-order valence-electron chi connectivity index (χ1n) is 6.29. The van der Waals surface area contributed by atoms with Crippen LogP contribution in [0.25, 0.3) is 0 Å². The largest absolute Gasteiger partial charge is 0.394 e. The quantitative estimate of drug-likeness (QED) is 0.806. The molecular formula is C12H22N4O. The summed E-state index contributed by atoms with van der Waals surface area (Å²) in [7, 11) is 1.95. The fourth-order valence-corrected chi connectivity index (χ4v) is 2.76. The zero-order valence-electron chi connectivity index (χ0n) is 10.7. The van der Waals surface area contributed by atoms with Gasteiger partial charge in [-0.2, -0.15) is 5.10 Å². The molecule has 0 bridgehead atoms. The number of aliphatic hydroxyl groups is 1. The molecule has 1 unspecified atom stereocenters. The van der Waals surface area contributed by atoms with Gasteiger partial charge in [0, 0.05) is 25.7 Å². The van der Waals surface area contributed by atoms with Crippen molar-refractivity contribution in [3.8, 4) is 0 Å². The maximum atomic E-state index is 9.48. The molecule has 2 rings (SSSR count). The van der Waals surface area contributed by atoms with Gasteiger partial charge in [-0.25, -0.2) is 0 Å². The second-order valence-corrected chi connectivity index (χ2v) is 4.74. The summed E-state index contributed by atoms with van der Waals surface area (Å²) in [6.45, 7) is 3.68. The van der Waals surface area contributed by atoms with E-state index >= 15 is 0 Å². The highest BCUT2D eigenvalue weighted by Crippen LogP contribution is 2.28. The van der Waals surface area contributed by atoms with Crippen LogP contribution in [0.5, 0.6) is 0 Å². The van der Waals surface area contributed by atoms with Gasteiger partial charge in [-0.05, 0) is 26.2 Å². The predicted molar refractivity (Wildman–Crippen MR) is 67.9 cm³/mol. The lowest BCUT2D eigenvalue weighted by Crippen LogP contribution is -2.43. The number of hydrogen-bond donors (Lipinski definition) is 2. The monoisotopic (exact) mass is 238 g/mol. The third-order valence-electron chi connectivity index (χ3n) is 3.63. The van der Waals surface area contributed by atoms with E-state index in [4.69, 9.17) is 5.73 Å². The van der Waals surface area contributed by atoms with Crippen LogP contribution in [0.15, 0.2) is 0 Å². The molecule has 2 heterocycles. The van der Waals surface area contributed by atoms with Gasteiger partial charge in [-0.15, -0.1) is 0 Å². The van der Waals surface area contributed by atoms with E-state index < -0.39 is 0 Å². The lowest BCUT2D eigenvalue weighted by atomic mass is 10.0. The Morgan fingerprint density at radius 2 is 2.24 bits per heavy atom. The van der Waals surface area contributed by atoms with E-state index in [0.717, 1.165) is 30.0 Å². The number of piperidine rings is 1. The van der Waals surface area contributed by atoms with E-state index in [1.165, 1.54) is 12.8 Å². The number of nitrogens with zero attached hydrogens (tertiary/aromatic N) is 3. The normalized spacial score (nSPS) is 20.9. The smallest absolute Gasteiger partial charge is 0.131 e. The molecule has 17 heavy (non-hydrogen) atoms. The van der Waals surface area contributed by atoms with Crippen molar-refractivity contribution >= 4 is 5.82 Å². The van der Waals surface area contributed by atoms with Crippen LogP contribution in [0, 0.1) is 6.92 Å². The molecule has 0 saturated carbocycles. The average Bonchev–Trinajstić information content (AvgIpc) is 2.63. The minimum atomic E-state index is 0.203. The Morgan fingerprint density at radius 1 is 1.47 bits per heavy atom. The number of aliphatic hydroxyl groups excluding tert-OH is 1. The molecule has 3 N–H and O–H groups in total. The first-order chi connectivity index (χ1) is 8.19. The van der Waals surface area contributed by atoms with Gasteiger partial charge in [-0.1, -0.05) is 0 Å². The van der Waals surface area contributed by atoms with Gasteiger partial charge in [0.15, 0.2) is 0 Å². The molecule has 1 aromatic heterocycles. The van der Waals surface area contributed by atoms with Crippen molar-refractivity contribution in [3.05, 3.63) is 11.3 Å². The second-order valence-electron chi connectivity index (χ2n) is 4.74. The van der Waals surface area contributed by atoms with Gasteiger partial charge in [0.05, 0.1) is 18.3 Å². The van der Waals surface area contributed by atoms with Crippen molar-refractivity contribution in [2.45, 2.75) is 38.8 Å². The maximum Gasteiger partial charge on any atom is 0.131 e. The summed E-state index contributed by atoms with van der Waals surface area (Å²) in [5.41, 5.74) is 7.91. The average molecular weight is 238 g/mol. The number of nitrogens with two attached hydrogens (primary N) is 1. The van der Waals surface area contributed by atoms with Crippen LogP contribution >= 0.6 is 0 Å². The lowest BCUT2D eigenvalue weighted by Gasteiger charge is -2.36. The summed E-state index contributed by atoms with van der Waals surface area (Å²) in [6, 6.07) is 0.212. The van der Waals surface area contributed by atoms with Crippen LogP contribution in [-0.4, -0.2) is 34.1 Å². The molecule has 5 heteroatoms. The highest BCUT2D eigenvalue weighted by molar-refractivity contribution is 5.51. The van der Waals surface area contributed by atoms with E-state index in [2.05, 4.69) is 10.00 Å². The molecule has 0 aromatic carbocycles. The Kier molecular flexibility index (Phi) is 3.69. The van der Waals surface area contributed by atoms with Crippen molar-refractivity contribution in [2.75, 3.05) is 18.1 Å². The molecule has 1 fully saturated rings. The lowest BCUT2D eigenvalue weighted by molar-refractivity contribution is 0.238. The minimum absolute atomic E-state index is 0.203. The SMILES string of the molecule is Cc1nn(C)c(N2CCCCC2CO)c1CN. The summed E-state index contributed by atoms with van der Waals surface area (Å²) < 4.78 is 1.89. The minimum Gasteiger partial charge on any atom is -0.394 e. The van der Waals surface area contributed by atoms with Gasteiger partial charge in [0.1, 0.15) is 5.82 Å². The molecule has 5 nitrogen and oxygen atoms in total. The molecule has 1 aliphatic heterocycles. The third kappa shape index (κ3) is 2.17. The zero-order chi connectivity index (χ0) is 12.4. The van der Waals surface area contributed by atoms with Gasteiger partial charge in [-0.3, -0.25) is 4.68 Å². The standard InChI is InChI=1S/C12H22N4O/c1-9-11(7-13)12(15(2)14-9)16-6-4-3-5-10(16)8-17/h10,17H,3-8,13H2,1-2H3. The summed E-state index contributed by atoms with van der Waals surface area (Å²) in [4.78, 5) is 2.27. The molecule has 96 valence electrons. The number of rotatable bonds is 3. The van der Waals surface area contributed by atoms with Gasteiger partial charge in [0.25, 0.3) is 0 Å². The van der Waals surface area contributed by atoms with E-state index in [-0.39, 0.29) is 12.6 Å². The number of aromatic nitrogens is 2. The summed E-state index contributed by atoms with van der Waals surface area (Å²) in [5.74, 6) is 1.09. The van der Waals surface area contributed by atoms with Crippen molar-refractivity contribution < 1.29 is 5.11 Å². The predicted octanol–water partition coefficient (Wildman–Crippen LogP) is 0.538. The Labute approximate surface area is 102 Å². The summed E-state index contributed by atoms with van der Waals surface area (Å²) in [5, 5.41) is 13.9. The molecule has 1 aromatic rings.